The molecular weight excluding hydrogens is 380 g/mol. The van der Waals surface area contributed by atoms with Crippen molar-refractivity contribution in [1.82, 2.24) is 5.43 Å². The van der Waals surface area contributed by atoms with E-state index in [1.807, 2.05) is 13.0 Å². The lowest BCUT2D eigenvalue weighted by Crippen LogP contribution is -2.17. The van der Waals surface area contributed by atoms with E-state index in [0.717, 1.165) is 11.1 Å². The molecule has 0 bridgehead atoms. The summed E-state index contributed by atoms with van der Waals surface area (Å²) in [6, 6.07) is 13.0. The molecule has 0 spiro atoms. The van der Waals surface area contributed by atoms with Gasteiger partial charge in [-0.1, -0.05) is 60.1 Å². The summed E-state index contributed by atoms with van der Waals surface area (Å²) >= 11 is 3.23. The van der Waals surface area contributed by atoms with E-state index in [1.54, 1.807) is 12.3 Å². The van der Waals surface area contributed by atoms with Crippen LogP contribution in [0.3, 0.4) is 0 Å². The molecule has 0 fully saturated rings. The Hall–Kier alpha value is -2.40. The second-order valence-corrected chi connectivity index (χ2v) is 6.99. The summed E-state index contributed by atoms with van der Waals surface area (Å²) in [5, 5.41) is 13.7. The van der Waals surface area contributed by atoms with Crippen LogP contribution in [-0.2, 0) is 0 Å². The molecule has 0 unspecified atom stereocenters. The van der Waals surface area contributed by atoms with Gasteiger partial charge in [0.2, 0.25) is 0 Å². The van der Waals surface area contributed by atoms with Crippen LogP contribution < -0.4 is 5.43 Å². The van der Waals surface area contributed by atoms with Gasteiger partial charge >= 0.3 is 0 Å². The molecule has 2 aromatic carbocycles. The molecule has 2 aromatic rings. The number of hydrogen-bond acceptors (Lipinski definition) is 3. The summed E-state index contributed by atoms with van der Waals surface area (Å²) in [5.41, 5.74) is 5.86. The quantitative estimate of drug-likeness (QED) is 0.541. The molecule has 0 aliphatic heterocycles. The van der Waals surface area contributed by atoms with E-state index in [9.17, 15) is 9.90 Å². The molecule has 2 N–H and O–H groups in total. The van der Waals surface area contributed by atoms with Gasteiger partial charge in [0.15, 0.2) is 0 Å². The molecule has 0 saturated heterocycles. The van der Waals surface area contributed by atoms with Gasteiger partial charge in [-0.25, -0.2) is 5.43 Å². The number of aromatic hydroxyl groups is 1. The van der Waals surface area contributed by atoms with Crippen molar-refractivity contribution in [3.05, 3.63) is 69.2 Å². The van der Waals surface area contributed by atoms with Crippen molar-refractivity contribution in [3.8, 4) is 5.75 Å². The number of hydrogen-bond donors (Lipinski definition) is 2. The van der Waals surface area contributed by atoms with E-state index in [4.69, 9.17) is 0 Å². The lowest BCUT2D eigenvalue weighted by molar-refractivity contribution is 0.0952. The molecule has 0 aromatic heterocycles. The number of amides is 1. The van der Waals surface area contributed by atoms with Crippen molar-refractivity contribution < 1.29 is 9.90 Å². The van der Waals surface area contributed by atoms with Crippen LogP contribution in [0.4, 0.5) is 0 Å². The van der Waals surface area contributed by atoms with E-state index in [-0.39, 0.29) is 11.3 Å². The first-order valence-electron chi connectivity index (χ1n) is 7.97. The predicted molar refractivity (Wildman–Crippen MR) is 106 cm³/mol. The fourth-order valence-corrected chi connectivity index (χ4v) is 2.58. The minimum Gasteiger partial charge on any atom is -0.507 e. The summed E-state index contributed by atoms with van der Waals surface area (Å²) in [7, 11) is 0. The second kappa shape index (κ2) is 8.62. The van der Waals surface area contributed by atoms with Crippen molar-refractivity contribution >= 4 is 34.1 Å². The highest BCUT2D eigenvalue weighted by molar-refractivity contribution is 9.10. The monoisotopic (exact) mass is 400 g/mol. The number of phenolic OH excluding ortho intramolecular Hbond substituents is 1. The van der Waals surface area contributed by atoms with Gasteiger partial charge in [0, 0.05) is 4.47 Å². The largest absolute Gasteiger partial charge is 0.507 e. The molecule has 0 heterocycles. The Bertz CT molecular complexity index is 809. The Kier molecular flexibility index (Phi) is 6.53. The van der Waals surface area contributed by atoms with E-state index in [2.05, 4.69) is 64.6 Å². The van der Waals surface area contributed by atoms with E-state index < -0.39 is 5.91 Å². The lowest BCUT2D eigenvalue weighted by atomic mass is 10.0. The third-order valence-corrected chi connectivity index (χ3v) is 4.13. The Labute approximate surface area is 156 Å². The van der Waals surface area contributed by atoms with Gasteiger partial charge in [-0.05, 0) is 47.7 Å². The van der Waals surface area contributed by atoms with Crippen LogP contribution in [0.15, 0.2) is 57.6 Å². The van der Waals surface area contributed by atoms with E-state index in [0.29, 0.717) is 10.4 Å². The van der Waals surface area contributed by atoms with Crippen LogP contribution in [-0.4, -0.2) is 17.2 Å². The maximum atomic E-state index is 12.0. The van der Waals surface area contributed by atoms with Gasteiger partial charge in [0.05, 0.1) is 11.8 Å². The summed E-state index contributed by atoms with van der Waals surface area (Å²) in [5.74, 6) is -0.0548. The number of nitrogens with one attached hydrogen (secondary N) is 1. The van der Waals surface area contributed by atoms with Gasteiger partial charge in [-0.2, -0.15) is 5.10 Å². The zero-order valence-electron chi connectivity index (χ0n) is 14.5. The van der Waals surface area contributed by atoms with Crippen LogP contribution in [0.2, 0.25) is 0 Å². The maximum absolute atomic E-state index is 12.0. The number of halogens is 1. The number of nitrogens with zero attached hydrogens (tertiary/aromatic N) is 1. The highest BCUT2D eigenvalue weighted by Gasteiger charge is 2.10. The number of carbonyl (C=O) groups excluding carboxylic acids is 1. The fraction of sp³-hybridized carbons (Fsp3) is 0.200. The molecule has 0 aliphatic carbocycles. The van der Waals surface area contributed by atoms with Gasteiger partial charge in [0.25, 0.3) is 5.91 Å². The predicted octanol–water partition coefficient (Wildman–Crippen LogP) is 5.10. The Balaban J connectivity index is 1.99. The number of rotatable bonds is 5. The zero-order valence-corrected chi connectivity index (χ0v) is 16.0. The highest BCUT2D eigenvalue weighted by atomic mass is 79.9. The second-order valence-electron chi connectivity index (χ2n) is 6.07. The number of benzene rings is 2. The SMILES string of the molecule is CC(C=NNC(=O)c1ccc(Br)cc1O)=Cc1ccc(C(C)C)cc1. The highest BCUT2D eigenvalue weighted by Crippen LogP contribution is 2.22. The Morgan fingerprint density at radius 1 is 1.20 bits per heavy atom. The van der Waals surface area contributed by atoms with Crippen LogP contribution >= 0.6 is 15.9 Å². The zero-order chi connectivity index (χ0) is 18.4. The molecular formula is C20H21BrN2O2. The molecule has 0 aliphatic rings. The van der Waals surface area contributed by atoms with Crippen LogP contribution in [0.25, 0.3) is 6.08 Å². The van der Waals surface area contributed by atoms with Crippen molar-refractivity contribution in [2.24, 2.45) is 5.10 Å². The molecule has 1 amide bonds. The number of phenols is 1. The van der Waals surface area contributed by atoms with Gasteiger partial charge in [0.1, 0.15) is 5.75 Å². The standard InChI is InChI=1S/C20H21BrN2O2/c1-13(2)16-6-4-15(5-7-16)10-14(3)12-22-23-20(25)18-9-8-17(21)11-19(18)24/h4-13,24H,1-3H3,(H,23,25). The molecule has 0 atom stereocenters. The van der Waals surface area contributed by atoms with Crippen LogP contribution in [0.5, 0.6) is 5.75 Å². The summed E-state index contributed by atoms with van der Waals surface area (Å²) in [4.78, 5) is 12.0. The normalized spacial score (nSPS) is 12.0. The van der Waals surface area contributed by atoms with Gasteiger partial charge in [-0.15, -0.1) is 0 Å². The first-order valence-corrected chi connectivity index (χ1v) is 8.76. The minimum atomic E-state index is -0.463. The summed E-state index contributed by atoms with van der Waals surface area (Å²) in [6.45, 7) is 6.23. The van der Waals surface area contributed by atoms with Gasteiger partial charge < -0.3 is 5.11 Å². The minimum absolute atomic E-state index is 0.0976. The summed E-state index contributed by atoms with van der Waals surface area (Å²) < 4.78 is 0.701. The van der Waals surface area contributed by atoms with Crippen molar-refractivity contribution in [3.63, 3.8) is 0 Å². The third kappa shape index (κ3) is 5.57. The average molecular weight is 401 g/mol. The number of hydrazone groups is 1. The first kappa shape index (κ1) is 18.9. The van der Waals surface area contributed by atoms with Crippen LogP contribution in [0, 0.1) is 0 Å². The molecule has 0 saturated carbocycles. The Morgan fingerprint density at radius 2 is 1.88 bits per heavy atom. The van der Waals surface area contributed by atoms with E-state index >= 15 is 0 Å². The van der Waals surface area contributed by atoms with E-state index in [1.165, 1.54) is 17.7 Å². The molecule has 2 rings (SSSR count). The molecule has 25 heavy (non-hydrogen) atoms. The van der Waals surface area contributed by atoms with Gasteiger partial charge in [-0.3, -0.25) is 4.79 Å². The number of allylic oxidation sites excluding steroid dienone is 1. The Morgan fingerprint density at radius 3 is 2.48 bits per heavy atom. The number of carbonyl (C=O) groups is 1. The summed E-state index contributed by atoms with van der Waals surface area (Å²) in [6.07, 6.45) is 3.56. The third-order valence-electron chi connectivity index (χ3n) is 3.64. The fourth-order valence-electron chi connectivity index (χ4n) is 2.23. The van der Waals surface area contributed by atoms with Crippen molar-refractivity contribution in [2.45, 2.75) is 26.7 Å². The first-order chi connectivity index (χ1) is 11.9. The smallest absolute Gasteiger partial charge is 0.275 e. The molecule has 0 radical (unpaired) electrons. The molecule has 130 valence electrons. The molecule has 5 heteroatoms. The maximum Gasteiger partial charge on any atom is 0.275 e. The topological polar surface area (TPSA) is 61.7 Å². The lowest BCUT2D eigenvalue weighted by Gasteiger charge is -2.05. The molecule has 4 nitrogen and oxygen atoms in total. The van der Waals surface area contributed by atoms with Crippen molar-refractivity contribution in [1.29, 1.82) is 0 Å². The van der Waals surface area contributed by atoms with Crippen molar-refractivity contribution in [2.75, 3.05) is 0 Å². The average Bonchev–Trinajstić information content (AvgIpc) is 2.55. The van der Waals surface area contributed by atoms with Crippen LogP contribution in [0.1, 0.15) is 48.2 Å².